The number of carbonyl (C=O) groups excluding carboxylic acids is 1. The molecular formula is C25H25F6N5O2. The number of ether oxygens (including phenoxy) is 1. The molecule has 2 amide bonds. The van der Waals surface area contributed by atoms with Crippen molar-refractivity contribution >= 4 is 11.7 Å². The Hall–Kier alpha value is -3.74. The summed E-state index contributed by atoms with van der Waals surface area (Å²) in [5, 5.41) is 6.95. The highest BCUT2D eigenvalue weighted by atomic mass is 19.4. The van der Waals surface area contributed by atoms with E-state index in [1.807, 2.05) is 16.9 Å². The molecule has 0 spiro atoms. The zero-order chi connectivity index (χ0) is 27.3. The van der Waals surface area contributed by atoms with Crippen LogP contribution < -0.4 is 10.1 Å². The quantitative estimate of drug-likeness (QED) is 0.410. The SMILES string of the molecule is O=C(Nc1ccc(OCc2cc(C(F)(F)F)cc(C(F)(F)F)c2)cc1)N1CCN(CCn2cccn2)CC1. The van der Waals surface area contributed by atoms with Crippen molar-refractivity contribution in [3.63, 3.8) is 0 Å². The van der Waals surface area contributed by atoms with E-state index in [-0.39, 0.29) is 23.4 Å². The lowest BCUT2D eigenvalue weighted by atomic mass is 10.1. The zero-order valence-electron chi connectivity index (χ0n) is 20.1. The molecule has 1 aliphatic heterocycles. The van der Waals surface area contributed by atoms with Gasteiger partial charge in [-0.05, 0) is 54.1 Å². The van der Waals surface area contributed by atoms with Gasteiger partial charge in [0.05, 0.1) is 17.7 Å². The van der Waals surface area contributed by atoms with E-state index in [9.17, 15) is 31.1 Å². The average molecular weight is 541 g/mol. The monoisotopic (exact) mass is 541 g/mol. The average Bonchev–Trinajstić information content (AvgIpc) is 3.40. The van der Waals surface area contributed by atoms with Crippen molar-refractivity contribution in [1.29, 1.82) is 0 Å². The summed E-state index contributed by atoms with van der Waals surface area (Å²) in [4.78, 5) is 16.6. The van der Waals surface area contributed by atoms with Gasteiger partial charge in [-0.25, -0.2) is 4.79 Å². The lowest BCUT2D eigenvalue weighted by Gasteiger charge is -2.34. The van der Waals surface area contributed by atoms with E-state index in [4.69, 9.17) is 4.74 Å². The number of aromatic nitrogens is 2. The summed E-state index contributed by atoms with van der Waals surface area (Å²) < 4.78 is 85.5. The number of benzene rings is 2. The predicted octanol–water partition coefficient (Wildman–Crippen LogP) is 5.35. The van der Waals surface area contributed by atoms with Crippen LogP contribution >= 0.6 is 0 Å². The summed E-state index contributed by atoms with van der Waals surface area (Å²) >= 11 is 0. The highest BCUT2D eigenvalue weighted by Gasteiger charge is 2.37. The van der Waals surface area contributed by atoms with E-state index in [2.05, 4.69) is 15.3 Å². The molecule has 2 heterocycles. The predicted molar refractivity (Wildman–Crippen MR) is 126 cm³/mol. The highest BCUT2D eigenvalue weighted by molar-refractivity contribution is 5.89. The third kappa shape index (κ3) is 7.40. The van der Waals surface area contributed by atoms with Gasteiger partial charge in [0.25, 0.3) is 0 Å². The minimum Gasteiger partial charge on any atom is -0.489 e. The summed E-state index contributed by atoms with van der Waals surface area (Å²) in [6.07, 6.45) is -6.23. The number of rotatable bonds is 7. The van der Waals surface area contributed by atoms with Crippen LogP contribution in [0.25, 0.3) is 0 Å². The Morgan fingerprint density at radius 2 is 1.53 bits per heavy atom. The lowest BCUT2D eigenvalue weighted by Crippen LogP contribution is -2.50. The molecule has 0 saturated carbocycles. The number of piperazine rings is 1. The van der Waals surface area contributed by atoms with Crippen molar-refractivity contribution < 1.29 is 35.9 Å². The Morgan fingerprint density at radius 1 is 0.895 bits per heavy atom. The van der Waals surface area contributed by atoms with E-state index in [0.717, 1.165) is 26.2 Å². The fourth-order valence-electron chi connectivity index (χ4n) is 3.96. The van der Waals surface area contributed by atoms with Crippen LogP contribution in [-0.4, -0.2) is 58.3 Å². The summed E-state index contributed by atoms with van der Waals surface area (Å²) in [5.41, 5.74) is -2.60. The van der Waals surface area contributed by atoms with Crippen molar-refractivity contribution in [2.45, 2.75) is 25.5 Å². The van der Waals surface area contributed by atoms with Crippen LogP contribution in [0.3, 0.4) is 0 Å². The van der Waals surface area contributed by atoms with E-state index in [1.165, 1.54) is 12.1 Å². The lowest BCUT2D eigenvalue weighted by molar-refractivity contribution is -0.143. The summed E-state index contributed by atoms with van der Waals surface area (Å²) in [6, 6.07) is 8.95. The number of urea groups is 1. The number of nitrogens with one attached hydrogen (secondary N) is 1. The molecule has 0 aliphatic carbocycles. The maximum atomic E-state index is 13.0. The van der Waals surface area contributed by atoms with Gasteiger partial charge < -0.3 is 15.0 Å². The fourth-order valence-corrected chi connectivity index (χ4v) is 3.96. The Kier molecular flexibility index (Phi) is 8.14. The molecule has 1 N–H and O–H groups in total. The molecule has 1 aliphatic rings. The van der Waals surface area contributed by atoms with Gasteiger partial charge in [0.15, 0.2) is 0 Å². The maximum absolute atomic E-state index is 13.0. The van der Waals surface area contributed by atoms with Gasteiger partial charge in [-0.1, -0.05) is 0 Å². The molecule has 1 aromatic heterocycles. The molecule has 4 rings (SSSR count). The molecule has 204 valence electrons. The molecule has 1 fully saturated rings. The van der Waals surface area contributed by atoms with E-state index >= 15 is 0 Å². The molecule has 38 heavy (non-hydrogen) atoms. The minimum atomic E-state index is -4.93. The maximum Gasteiger partial charge on any atom is 0.416 e. The van der Waals surface area contributed by atoms with Crippen LogP contribution in [-0.2, 0) is 25.5 Å². The van der Waals surface area contributed by atoms with Crippen molar-refractivity contribution in [2.24, 2.45) is 0 Å². The smallest absolute Gasteiger partial charge is 0.416 e. The second-order valence-electron chi connectivity index (χ2n) is 8.76. The van der Waals surface area contributed by atoms with Crippen molar-refractivity contribution in [3.8, 4) is 5.75 Å². The molecule has 13 heteroatoms. The van der Waals surface area contributed by atoms with Gasteiger partial charge in [0, 0.05) is 50.8 Å². The molecule has 7 nitrogen and oxygen atoms in total. The van der Waals surface area contributed by atoms with Gasteiger partial charge in [0.1, 0.15) is 12.4 Å². The molecule has 2 aromatic carbocycles. The number of amides is 2. The second kappa shape index (κ2) is 11.3. The third-order valence-electron chi connectivity index (χ3n) is 6.02. The number of alkyl halides is 6. The standard InChI is InChI=1S/C25H25F6N5O2/c26-24(27,28)19-14-18(15-20(16-19)25(29,30)31)17-38-22-4-2-21(3-5-22)33-23(37)35-11-8-34(9-12-35)10-13-36-7-1-6-32-36/h1-7,14-16H,8-13,17H2,(H,33,37). The first kappa shape index (κ1) is 27.3. The number of halogens is 6. The van der Waals surface area contributed by atoms with Gasteiger partial charge >= 0.3 is 18.4 Å². The summed E-state index contributed by atoms with van der Waals surface area (Å²) in [7, 11) is 0. The summed E-state index contributed by atoms with van der Waals surface area (Å²) in [6.45, 7) is 3.68. The van der Waals surface area contributed by atoms with E-state index in [0.29, 0.717) is 30.9 Å². The molecule has 3 aromatic rings. The van der Waals surface area contributed by atoms with Crippen LogP contribution in [0, 0.1) is 0 Å². The molecule has 0 unspecified atom stereocenters. The zero-order valence-corrected chi connectivity index (χ0v) is 20.1. The van der Waals surface area contributed by atoms with Gasteiger partial charge in [-0.15, -0.1) is 0 Å². The molecule has 0 atom stereocenters. The van der Waals surface area contributed by atoms with Gasteiger partial charge in [-0.3, -0.25) is 9.58 Å². The fraction of sp³-hybridized carbons (Fsp3) is 0.360. The number of carbonyl (C=O) groups is 1. The van der Waals surface area contributed by atoms with Gasteiger partial charge in [-0.2, -0.15) is 31.4 Å². The molecular weight excluding hydrogens is 516 g/mol. The van der Waals surface area contributed by atoms with Crippen LogP contribution in [0.15, 0.2) is 60.9 Å². The van der Waals surface area contributed by atoms with Crippen molar-refractivity contribution in [1.82, 2.24) is 19.6 Å². The Balaban J connectivity index is 1.27. The van der Waals surface area contributed by atoms with E-state index < -0.39 is 30.1 Å². The van der Waals surface area contributed by atoms with E-state index in [1.54, 1.807) is 23.2 Å². The Labute approximate surface area is 214 Å². The Morgan fingerprint density at radius 3 is 2.08 bits per heavy atom. The van der Waals surface area contributed by atoms with Crippen LogP contribution in [0.1, 0.15) is 16.7 Å². The topological polar surface area (TPSA) is 62.6 Å². The Bertz CT molecular complexity index is 1170. The highest BCUT2D eigenvalue weighted by Crippen LogP contribution is 2.36. The third-order valence-corrected chi connectivity index (χ3v) is 6.02. The largest absolute Gasteiger partial charge is 0.489 e. The molecule has 1 saturated heterocycles. The second-order valence-corrected chi connectivity index (χ2v) is 8.76. The summed E-state index contributed by atoms with van der Waals surface area (Å²) in [5.74, 6) is 0.222. The van der Waals surface area contributed by atoms with Crippen molar-refractivity contribution in [3.05, 3.63) is 77.6 Å². The first-order valence-corrected chi connectivity index (χ1v) is 11.7. The van der Waals surface area contributed by atoms with Crippen LogP contribution in [0.4, 0.5) is 36.8 Å². The first-order valence-electron chi connectivity index (χ1n) is 11.7. The van der Waals surface area contributed by atoms with Gasteiger partial charge in [0.2, 0.25) is 0 Å². The number of anilines is 1. The minimum absolute atomic E-state index is 0.0716. The van der Waals surface area contributed by atoms with Crippen LogP contribution in [0.2, 0.25) is 0 Å². The van der Waals surface area contributed by atoms with Crippen molar-refractivity contribution in [2.75, 3.05) is 38.0 Å². The number of hydrogen-bond donors (Lipinski definition) is 1. The normalized spacial score (nSPS) is 14.9. The number of nitrogens with zero attached hydrogens (tertiary/aromatic N) is 4. The number of hydrogen-bond acceptors (Lipinski definition) is 4. The first-order chi connectivity index (χ1) is 18.0. The molecule has 0 bridgehead atoms. The van der Waals surface area contributed by atoms with Crippen LogP contribution in [0.5, 0.6) is 5.75 Å². The molecule has 0 radical (unpaired) electrons.